The highest BCUT2D eigenvalue weighted by Gasteiger charge is 2.07. The summed E-state index contributed by atoms with van der Waals surface area (Å²) in [6.07, 6.45) is 2.87. The Kier molecular flexibility index (Phi) is 3.14. The van der Waals surface area contributed by atoms with Gasteiger partial charge in [0.05, 0.1) is 0 Å². The summed E-state index contributed by atoms with van der Waals surface area (Å²) in [6, 6.07) is 3.45. The number of hydrogen-bond donors (Lipinski definition) is 1. The lowest BCUT2D eigenvalue weighted by atomic mass is 10.1. The van der Waals surface area contributed by atoms with E-state index in [-0.39, 0.29) is 12.2 Å². The molecule has 0 saturated heterocycles. The van der Waals surface area contributed by atoms with Crippen LogP contribution in [0, 0.1) is 0 Å². The van der Waals surface area contributed by atoms with Crippen molar-refractivity contribution in [3.8, 4) is 0 Å². The quantitative estimate of drug-likeness (QED) is 0.690. The third-order valence-electron chi connectivity index (χ3n) is 1.47. The molecule has 0 atom stereocenters. The van der Waals surface area contributed by atoms with E-state index in [2.05, 4.69) is 4.98 Å². The molecule has 0 amide bonds. The molecule has 0 aliphatic heterocycles. The van der Waals surface area contributed by atoms with Gasteiger partial charge in [-0.25, -0.2) is 0 Å². The van der Waals surface area contributed by atoms with Gasteiger partial charge in [-0.05, 0) is 11.6 Å². The van der Waals surface area contributed by atoms with Crippen molar-refractivity contribution in [2.75, 3.05) is 0 Å². The first-order valence-corrected chi connectivity index (χ1v) is 3.81. The normalized spacial score (nSPS) is 9.54. The number of rotatable bonds is 4. The van der Waals surface area contributed by atoms with Crippen molar-refractivity contribution in [2.45, 2.75) is 12.8 Å². The van der Waals surface area contributed by atoms with Crippen molar-refractivity contribution in [2.24, 2.45) is 0 Å². The van der Waals surface area contributed by atoms with Gasteiger partial charge in [-0.2, -0.15) is 0 Å². The second kappa shape index (κ2) is 4.35. The van der Waals surface area contributed by atoms with E-state index in [9.17, 15) is 9.59 Å². The summed E-state index contributed by atoms with van der Waals surface area (Å²) in [5.74, 6) is -1.39. The van der Waals surface area contributed by atoms with E-state index in [0.717, 1.165) is 5.56 Å². The monoisotopic (exact) mass is 179 g/mol. The number of nitrogens with zero attached hydrogens (tertiary/aromatic N) is 1. The minimum Gasteiger partial charge on any atom is -0.481 e. The fraction of sp³-hybridized carbons (Fsp3) is 0.222. The SMILES string of the molecule is O=C(O)CC(=O)Cc1cccnc1. The molecule has 0 saturated carbocycles. The van der Waals surface area contributed by atoms with Crippen LogP contribution in [0.1, 0.15) is 12.0 Å². The number of hydrogen-bond acceptors (Lipinski definition) is 3. The number of carbonyl (C=O) groups excluding carboxylic acids is 1. The Bertz CT molecular complexity index is 308. The zero-order chi connectivity index (χ0) is 9.68. The summed E-state index contributed by atoms with van der Waals surface area (Å²) in [5, 5.41) is 8.33. The molecule has 13 heavy (non-hydrogen) atoms. The molecule has 0 unspecified atom stereocenters. The summed E-state index contributed by atoms with van der Waals surface area (Å²) >= 11 is 0. The molecule has 4 nitrogen and oxygen atoms in total. The Morgan fingerprint density at radius 2 is 2.23 bits per heavy atom. The van der Waals surface area contributed by atoms with Crippen molar-refractivity contribution in [3.05, 3.63) is 30.1 Å². The molecular weight excluding hydrogens is 170 g/mol. The van der Waals surface area contributed by atoms with Gasteiger partial charge in [-0.3, -0.25) is 14.6 Å². The van der Waals surface area contributed by atoms with Gasteiger partial charge >= 0.3 is 5.97 Å². The molecule has 0 radical (unpaired) electrons. The Balaban J connectivity index is 2.50. The molecule has 1 rings (SSSR count). The van der Waals surface area contributed by atoms with Crippen LogP contribution in [0.5, 0.6) is 0 Å². The highest BCUT2D eigenvalue weighted by atomic mass is 16.4. The van der Waals surface area contributed by atoms with Gasteiger partial charge in [0.15, 0.2) is 0 Å². The maximum Gasteiger partial charge on any atom is 0.310 e. The first-order valence-electron chi connectivity index (χ1n) is 3.81. The van der Waals surface area contributed by atoms with Gasteiger partial charge in [-0.15, -0.1) is 0 Å². The largest absolute Gasteiger partial charge is 0.481 e. The Morgan fingerprint density at radius 1 is 1.46 bits per heavy atom. The van der Waals surface area contributed by atoms with Crippen LogP contribution in [0.15, 0.2) is 24.5 Å². The molecule has 0 fully saturated rings. The van der Waals surface area contributed by atoms with Crippen LogP contribution in [0.2, 0.25) is 0 Å². The number of Topliss-reactive ketones (excluding diaryl/α,β-unsaturated/α-hetero) is 1. The lowest BCUT2D eigenvalue weighted by Gasteiger charge is -1.96. The predicted molar refractivity (Wildman–Crippen MR) is 45.2 cm³/mol. The van der Waals surface area contributed by atoms with E-state index in [1.165, 1.54) is 0 Å². The minimum absolute atomic E-state index is 0.139. The topological polar surface area (TPSA) is 67.3 Å². The van der Waals surface area contributed by atoms with Gasteiger partial charge < -0.3 is 5.11 Å². The second-order valence-electron chi connectivity index (χ2n) is 2.65. The fourth-order valence-corrected chi connectivity index (χ4v) is 0.962. The molecule has 1 N–H and O–H groups in total. The van der Waals surface area contributed by atoms with Crippen LogP contribution in [0.25, 0.3) is 0 Å². The van der Waals surface area contributed by atoms with Gasteiger partial charge in [0.2, 0.25) is 0 Å². The number of ketones is 1. The predicted octanol–water partition coefficient (Wildman–Crippen LogP) is 0.668. The van der Waals surface area contributed by atoms with E-state index in [1.54, 1.807) is 24.5 Å². The molecule has 0 bridgehead atoms. The molecule has 68 valence electrons. The van der Waals surface area contributed by atoms with Crippen LogP contribution < -0.4 is 0 Å². The smallest absolute Gasteiger partial charge is 0.310 e. The Morgan fingerprint density at radius 3 is 2.77 bits per heavy atom. The number of carboxylic acid groups (broad SMARTS) is 1. The summed E-state index contributed by atoms with van der Waals surface area (Å²) in [4.78, 5) is 25.0. The molecule has 0 aliphatic carbocycles. The number of carbonyl (C=O) groups is 2. The van der Waals surface area contributed by atoms with Crippen molar-refractivity contribution in [3.63, 3.8) is 0 Å². The number of pyridine rings is 1. The molecule has 0 spiro atoms. The van der Waals surface area contributed by atoms with Crippen LogP contribution in [0.4, 0.5) is 0 Å². The fourth-order valence-electron chi connectivity index (χ4n) is 0.962. The number of aliphatic carboxylic acids is 1. The third kappa shape index (κ3) is 3.46. The maximum absolute atomic E-state index is 11.0. The first kappa shape index (κ1) is 9.38. The third-order valence-corrected chi connectivity index (χ3v) is 1.47. The van der Waals surface area contributed by atoms with Crippen LogP contribution in [-0.2, 0) is 16.0 Å². The van der Waals surface area contributed by atoms with Crippen LogP contribution in [-0.4, -0.2) is 21.8 Å². The van der Waals surface area contributed by atoms with Gasteiger partial charge in [-0.1, -0.05) is 6.07 Å². The average Bonchev–Trinajstić information content (AvgIpc) is 2.04. The van der Waals surface area contributed by atoms with Crippen molar-refractivity contribution >= 4 is 11.8 Å². The lowest BCUT2D eigenvalue weighted by molar-refractivity contribution is -0.140. The lowest BCUT2D eigenvalue weighted by Crippen LogP contribution is -2.09. The van der Waals surface area contributed by atoms with Crippen molar-refractivity contribution < 1.29 is 14.7 Å². The average molecular weight is 179 g/mol. The van der Waals surface area contributed by atoms with E-state index in [0.29, 0.717) is 0 Å². The molecule has 0 aliphatic rings. The van der Waals surface area contributed by atoms with Crippen LogP contribution in [0.3, 0.4) is 0 Å². The summed E-state index contributed by atoms with van der Waals surface area (Å²) in [7, 11) is 0. The zero-order valence-corrected chi connectivity index (χ0v) is 6.93. The number of aromatic nitrogens is 1. The van der Waals surface area contributed by atoms with Crippen molar-refractivity contribution in [1.29, 1.82) is 0 Å². The molecule has 0 aromatic carbocycles. The molecule has 4 heteroatoms. The van der Waals surface area contributed by atoms with E-state index >= 15 is 0 Å². The zero-order valence-electron chi connectivity index (χ0n) is 6.93. The highest BCUT2D eigenvalue weighted by molar-refractivity contribution is 5.95. The minimum atomic E-state index is -1.09. The summed E-state index contributed by atoms with van der Waals surface area (Å²) < 4.78 is 0. The van der Waals surface area contributed by atoms with Crippen LogP contribution >= 0.6 is 0 Å². The highest BCUT2D eigenvalue weighted by Crippen LogP contribution is 1.99. The Hall–Kier alpha value is -1.71. The molecule has 1 heterocycles. The van der Waals surface area contributed by atoms with Gasteiger partial charge in [0.25, 0.3) is 0 Å². The first-order chi connectivity index (χ1) is 6.18. The number of carboxylic acids is 1. The second-order valence-corrected chi connectivity index (χ2v) is 2.65. The maximum atomic E-state index is 11.0. The molecular formula is C9H9NO3. The Labute approximate surface area is 75.2 Å². The van der Waals surface area contributed by atoms with E-state index in [4.69, 9.17) is 5.11 Å². The molecule has 1 aromatic rings. The van der Waals surface area contributed by atoms with Crippen molar-refractivity contribution in [1.82, 2.24) is 4.98 Å². The van der Waals surface area contributed by atoms with Gasteiger partial charge in [0, 0.05) is 18.8 Å². The van der Waals surface area contributed by atoms with Gasteiger partial charge in [0.1, 0.15) is 12.2 Å². The van der Waals surface area contributed by atoms with E-state index < -0.39 is 12.4 Å². The summed E-state index contributed by atoms with van der Waals surface area (Å²) in [5.41, 5.74) is 0.744. The summed E-state index contributed by atoms with van der Waals surface area (Å²) in [6.45, 7) is 0. The van der Waals surface area contributed by atoms with E-state index in [1.807, 2.05) is 0 Å². The standard InChI is InChI=1S/C9H9NO3/c11-8(5-9(12)13)4-7-2-1-3-10-6-7/h1-3,6H,4-5H2,(H,12,13). The molecule has 1 aromatic heterocycles.